The van der Waals surface area contributed by atoms with E-state index < -0.39 is 10.4 Å². The minimum atomic E-state index is -4.65. The molecule has 0 atom stereocenters. The summed E-state index contributed by atoms with van der Waals surface area (Å²) in [5.41, 5.74) is 0. The maximum Gasteiger partial charge on any atom is 1.00 e. The fraction of sp³-hybridized carbons (Fsp3) is 1.00. The molecule has 0 aliphatic rings. The zero-order valence-corrected chi connectivity index (χ0v) is 13.2. The zero-order chi connectivity index (χ0) is 9.45. The molecule has 0 saturated heterocycles. The Labute approximate surface area is 130 Å². The van der Waals surface area contributed by atoms with Crippen LogP contribution in [-0.4, -0.2) is 26.1 Å². The summed E-state index contributed by atoms with van der Waals surface area (Å²) in [5.74, 6) is 0. The first-order valence-electron chi connectivity index (χ1n) is 2.51. The van der Waals surface area contributed by atoms with Gasteiger partial charge < -0.3 is 9.81 Å². The zero-order valence-electron chi connectivity index (χ0n) is 7.59. The van der Waals surface area contributed by atoms with Gasteiger partial charge >= 0.3 is 59.1 Å². The maximum absolute atomic E-state index is 9.80. The molecule has 74 valence electrons. The number of hydrogen-bond acceptors (Lipinski definition) is 9. The first-order chi connectivity index (χ1) is 5.56. The van der Waals surface area contributed by atoms with Crippen molar-refractivity contribution in [2.24, 2.45) is 0 Å². The van der Waals surface area contributed by atoms with E-state index in [0.29, 0.717) is 12.2 Å². The van der Waals surface area contributed by atoms with Crippen LogP contribution in [0.2, 0.25) is 0 Å². The summed E-state index contributed by atoms with van der Waals surface area (Å²) in [5, 5.41) is 12.1. The van der Waals surface area contributed by atoms with E-state index in [1.807, 2.05) is 0 Å². The van der Waals surface area contributed by atoms with Gasteiger partial charge in [-0.2, -0.15) is 4.33 Å². The van der Waals surface area contributed by atoms with Gasteiger partial charge in [0.15, 0.2) is 0 Å². The summed E-state index contributed by atoms with van der Waals surface area (Å²) in [6.45, 7) is -0.337. The molecule has 0 aliphatic carbocycles. The van der Waals surface area contributed by atoms with E-state index in [2.05, 4.69) is 18.3 Å². The van der Waals surface area contributed by atoms with E-state index >= 15 is 0 Å². The fourth-order valence-corrected chi connectivity index (χ4v) is 0.795. The summed E-state index contributed by atoms with van der Waals surface area (Å²) >= 11 is 0.442. The molecule has 0 aromatic rings. The van der Waals surface area contributed by atoms with Crippen molar-refractivity contribution < 1.29 is 90.9 Å². The molecule has 0 amide bonds. The monoisotopic (exact) mass is 265 g/mol. The Hall–Kier alpha value is 2.06. The Morgan fingerprint density at radius 3 is 2.36 bits per heavy atom. The van der Waals surface area contributed by atoms with E-state index in [1.54, 1.807) is 0 Å². The van der Waals surface area contributed by atoms with E-state index in [-0.39, 0.29) is 72.3 Å². The van der Waals surface area contributed by atoms with Crippen LogP contribution in [0.25, 0.3) is 0 Å². The topological polar surface area (TPSA) is 120 Å². The Morgan fingerprint density at radius 2 is 1.93 bits per heavy atom. The van der Waals surface area contributed by atoms with E-state index in [1.165, 1.54) is 0 Å². The molecule has 0 spiro atoms. The first kappa shape index (κ1) is 21.4. The third-order valence-corrected chi connectivity index (χ3v) is 1.45. The molecule has 0 unspecified atom stereocenters. The van der Waals surface area contributed by atoms with Crippen molar-refractivity contribution in [2.45, 2.75) is 0 Å². The van der Waals surface area contributed by atoms with Crippen LogP contribution >= 0.6 is 12.2 Å². The molecule has 0 radical (unpaired) electrons. The van der Waals surface area contributed by atoms with E-state index in [4.69, 9.17) is 5.26 Å². The van der Waals surface area contributed by atoms with Crippen LogP contribution in [0.15, 0.2) is 0 Å². The van der Waals surface area contributed by atoms with Crippen molar-refractivity contribution in [1.29, 1.82) is 0 Å². The second-order valence-electron chi connectivity index (χ2n) is 1.34. The molecule has 12 heteroatoms. The van der Waals surface area contributed by atoms with Crippen molar-refractivity contribution in [3.05, 3.63) is 0 Å². The predicted molar refractivity (Wildman–Crippen MR) is 33.4 cm³/mol. The largest absolute Gasteiger partial charge is 1.00 e. The SMILES string of the molecule is O=S(=O)([O-])OCCNSOO[O-].[Na+].[Na+]. The summed E-state index contributed by atoms with van der Waals surface area (Å²) in [7, 11) is -4.65. The van der Waals surface area contributed by atoms with Crippen molar-refractivity contribution in [3.8, 4) is 0 Å². The molecular weight excluding hydrogens is 260 g/mol. The normalized spacial score (nSPS) is 10.1. The van der Waals surface area contributed by atoms with Gasteiger partial charge in [0.2, 0.25) is 10.4 Å². The molecule has 0 aromatic heterocycles. The third-order valence-electron chi connectivity index (χ3n) is 0.553. The Kier molecular flexibility index (Phi) is 20.0. The summed E-state index contributed by atoms with van der Waals surface area (Å²) in [4.78, 5) is 0. The van der Waals surface area contributed by atoms with Crippen molar-refractivity contribution in [1.82, 2.24) is 4.72 Å². The van der Waals surface area contributed by atoms with Gasteiger partial charge in [0, 0.05) is 6.54 Å². The second kappa shape index (κ2) is 13.1. The van der Waals surface area contributed by atoms with Crippen molar-refractivity contribution in [2.75, 3.05) is 13.2 Å². The molecule has 0 aliphatic heterocycles. The molecule has 0 rings (SSSR count). The quantitative estimate of drug-likeness (QED) is 0.0699. The molecule has 0 saturated carbocycles. The standard InChI is InChI=1S/C2H7NO7S2.2Na/c4-9-10-11-3-1-2-8-12(5,6)7;;/h3-4H,1-2H2,(H,5,6,7);;/q;2*+1/p-2. The fourth-order valence-electron chi connectivity index (χ4n) is 0.265. The van der Waals surface area contributed by atoms with Gasteiger partial charge in [0.1, 0.15) is 12.2 Å². The van der Waals surface area contributed by atoms with Crippen LogP contribution in [0.3, 0.4) is 0 Å². The minimum Gasteiger partial charge on any atom is -0.726 e. The average molecular weight is 265 g/mol. The van der Waals surface area contributed by atoms with Gasteiger partial charge in [0.25, 0.3) is 0 Å². The molecule has 14 heavy (non-hydrogen) atoms. The van der Waals surface area contributed by atoms with Gasteiger partial charge in [-0.1, -0.05) is 0 Å². The van der Waals surface area contributed by atoms with Crippen molar-refractivity contribution >= 4 is 22.6 Å². The molecule has 0 bridgehead atoms. The Balaban J connectivity index is -0.000000605. The summed E-state index contributed by atoms with van der Waals surface area (Å²) < 4.78 is 39.2. The van der Waals surface area contributed by atoms with Gasteiger partial charge in [-0.25, -0.2) is 13.1 Å². The minimum absolute atomic E-state index is 0. The van der Waals surface area contributed by atoms with Crippen LogP contribution in [0.5, 0.6) is 0 Å². The van der Waals surface area contributed by atoms with Crippen LogP contribution < -0.4 is 69.1 Å². The summed E-state index contributed by atoms with van der Waals surface area (Å²) in [6.07, 6.45) is 0. The Bertz CT molecular complexity index is 198. The predicted octanol–water partition coefficient (Wildman–Crippen LogP) is -8.15. The van der Waals surface area contributed by atoms with Crippen LogP contribution in [0.4, 0.5) is 0 Å². The molecule has 1 N–H and O–H groups in total. The number of nitrogens with one attached hydrogen (secondary N) is 1. The van der Waals surface area contributed by atoms with Gasteiger partial charge in [-0.3, -0.25) is 9.22 Å². The molecule has 0 fully saturated rings. The van der Waals surface area contributed by atoms with Crippen LogP contribution in [-0.2, 0) is 24.0 Å². The first-order valence-corrected chi connectivity index (χ1v) is 4.59. The van der Waals surface area contributed by atoms with Gasteiger partial charge in [0.05, 0.1) is 6.61 Å². The van der Waals surface area contributed by atoms with E-state index in [9.17, 15) is 13.0 Å². The van der Waals surface area contributed by atoms with Crippen LogP contribution in [0, 0.1) is 0 Å². The van der Waals surface area contributed by atoms with Crippen molar-refractivity contribution in [3.63, 3.8) is 0 Å². The molecule has 8 nitrogen and oxygen atoms in total. The number of hydrogen-bond donors (Lipinski definition) is 1. The van der Waals surface area contributed by atoms with E-state index in [0.717, 1.165) is 0 Å². The smallest absolute Gasteiger partial charge is 0.726 e. The van der Waals surface area contributed by atoms with Gasteiger partial charge in [-0.05, 0) is 0 Å². The molecular formula is C2H5NNa2O7S2. The molecule has 0 aromatic carbocycles. The maximum atomic E-state index is 9.80. The Morgan fingerprint density at radius 1 is 1.36 bits per heavy atom. The molecule has 0 heterocycles. The average Bonchev–Trinajstić information content (AvgIpc) is 1.94. The van der Waals surface area contributed by atoms with Crippen LogP contribution in [0.1, 0.15) is 0 Å². The second-order valence-corrected chi connectivity index (χ2v) is 2.99. The van der Waals surface area contributed by atoms with Gasteiger partial charge in [-0.15, -0.1) is 0 Å². The summed E-state index contributed by atoms with van der Waals surface area (Å²) in [6, 6.07) is 0. The number of rotatable bonds is 7. The third kappa shape index (κ3) is 19.6.